The first-order valence-corrected chi connectivity index (χ1v) is 6.83. The maximum atomic E-state index is 11.4. The molecule has 6 nitrogen and oxygen atoms in total. The zero-order valence-corrected chi connectivity index (χ0v) is 12.0. The zero-order valence-electron chi connectivity index (χ0n) is 12.0. The second-order valence-electron chi connectivity index (χ2n) is 4.10. The van der Waals surface area contributed by atoms with E-state index in [2.05, 4.69) is 17.6 Å². The summed E-state index contributed by atoms with van der Waals surface area (Å²) in [7, 11) is 1.59. The number of nitrogens with one attached hydrogen (secondary N) is 2. The number of ether oxygens (including phenoxy) is 2. The van der Waals surface area contributed by atoms with Gasteiger partial charge < -0.3 is 20.1 Å². The summed E-state index contributed by atoms with van der Waals surface area (Å²) in [4.78, 5) is 22.3. The van der Waals surface area contributed by atoms with E-state index < -0.39 is 0 Å². The van der Waals surface area contributed by atoms with Gasteiger partial charge in [-0.1, -0.05) is 6.92 Å². The van der Waals surface area contributed by atoms with Gasteiger partial charge in [0, 0.05) is 33.0 Å². The van der Waals surface area contributed by atoms with Crippen LogP contribution in [0.3, 0.4) is 0 Å². The molecule has 6 heteroatoms. The van der Waals surface area contributed by atoms with Gasteiger partial charge in [-0.2, -0.15) is 0 Å². The van der Waals surface area contributed by atoms with E-state index in [1.807, 2.05) is 0 Å². The second-order valence-corrected chi connectivity index (χ2v) is 4.10. The summed E-state index contributed by atoms with van der Waals surface area (Å²) in [6.45, 7) is 4.93. The normalized spacial score (nSPS) is 10.2. The third-order valence-electron chi connectivity index (χ3n) is 2.38. The van der Waals surface area contributed by atoms with E-state index in [4.69, 9.17) is 9.47 Å². The lowest BCUT2D eigenvalue weighted by Crippen LogP contribution is -2.27. The lowest BCUT2D eigenvalue weighted by Gasteiger charge is -2.06. The smallest absolute Gasteiger partial charge is 0.220 e. The van der Waals surface area contributed by atoms with Crippen LogP contribution in [-0.4, -0.2) is 51.8 Å². The molecule has 0 aliphatic heterocycles. The molecular weight excluding hydrogens is 248 g/mol. The Balaban J connectivity index is 3.22. The van der Waals surface area contributed by atoms with Crippen molar-refractivity contribution in [3.8, 4) is 0 Å². The van der Waals surface area contributed by atoms with E-state index in [1.165, 1.54) is 0 Å². The Kier molecular flexibility index (Phi) is 12.5. The fourth-order valence-corrected chi connectivity index (χ4v) is 1.35. The van der Waals surface area contributed by atoms with Crippen molar-refractivity contribution in [2.24, 2.45) is 0 Å². The van der Waals surface area contributed by atoms with Crippen LogP contribution >= 0.6 is 0 Å². The summed E-state index contributed by atoms with van der Waals surface area (Å²) in [6.07, 6.45) is 2.32. The molecule has 0 atom stereocenters. The summed E-state index contributed by atoms with van der Waals surface area (Å²) in [6, 6.07) is 0. The number of rotatable bonds is 12. The first-order valence-electron chi connectivity index (χ1n) is 6.83. The Morgan fingerprint density at radius 3 is 2.21 bits per heavy atom. The summed E-state index contributed by atoms with van der Waals surface area (Å²) < 4.78 is 10.5. The number of amides is 2. The minimum Gasteiger partial charge on any atom is -0.379 e. The van der Waals surface area contributed by atoms with Gasteiger partial charge in [-0.05, 0) is 12.8 Å². The average Bonchev–Trinajstić information content (AvgIpc) is 2.41. The number of hydrogen-bond acceptors (Lipinski definition) is 4. The molecule has 0 aromatic carbocycles. The van der Waals surface area contributed by atoms with Crippen molar-refractivity contribution >= 4 is 11.8 Å². The highest BCUT2D eigenvalue weighted by Gasteiger charge is 2.03. The molecule has 0 unspecified atom stereocenters. The maximum absolute atomic E-state index is 11.4. The molecular formula is C13H26N2O4. The molecule has 0 spiro atoms. The molecule has 0 saturated heterocycles. The van der Waals surface area contributed by atoms with Gasteiger partial charge >= 0.3 is 0 Å². The molecule has 2 amide bonds. The van der Waals surface area contributed by atoms with Crippen LogP contribution in [0.5, 0.6) is 0 Å². The van der Waals surface area contributed by atoms with Crippen LogP contribution < -0.4 is 10.6 Å². The van der Waals surface area contributed by atoms with Crippen molar-refractivity contribution in [3.63, 3.8) is 0 Å². The van der Waals surface area contributed by atoms with Crippen LogP contribution in [0.15, 0.2) is 0 Å². The molecule has 0 bridgehead atoms. The van der Waals surface area contributed by atoms with Crippen LogP contribution in [0.25, 0.3) is 0 Å². The molecule has 0 aliphatic rings. The highest BCUT2D eigenvalue weighted by Crippen LogP contribution is 1.94. The van der Waals surface area contributed by atoms with Gasteiger partial charge in [0.15, 0.2) is 0 Å². The van der Waals surface area contributed by atoms with Crippen LogP contribution in [0.2, 0.25) is 0 Å². The van der Waals surface area contributed by atoms with E-state index in [0.717, 1.165) is 13.0 Å². The first-order chi connectivity index (χ1) is 9.20. The minimum absolute atomic E-state index is 0.0387. The molecule has 0 heterocycles. The van der Waals surface area contributed by atoms with Gasteiger partial charge in [-0.25, -0.2) is 0 Å². The summed E-state index contributed by atoms with van der Waals surface area (Å²) in [5.74, 6) is -0.0852. The summed E-state index contributed by atoms with van der Waals surface area (Å²) in [5.41, 5.74) is 0. The predicted octanol–water partition coefficient (Wildman–Crippen LogP) is 0.462. The fourth-order valence-electron chi connectivity index (χ4n) is 1.35. The molecule has 0 saturated carbocycles. The first kappa shape index (κ1) is 17.9. The number of carbonyl (C=O) groups excluding carboxylic acids is 2. The van der Waals surface area contributed by atoms with Crippen LogP contribution in [-0.2, 0) is 19.1 Å². The van der Waals surface area contributed by atoms with Crippen molar-refractivity contribution in [2.75, 3.05) is 40.0 Å². The molecule has 0 radical (unpaired) electrons. The van der Waals surface area contributed by atoms with Crippen molar-refractivity contribution in [3.05, 3.63) is 0 Å². The topological polar surface area (TPSA) is 76.7 Å². The largest absolute Gasteiger partial charge is 0.379 e. The van der Waals surface area contributed by atoms with E-state index >= 15 is 0 Å². The lowest BCUT2D eigenvalue weighted by atomic mass is 10.2. The SMILES string of the molecule is CCCOCCOCCNC(=O)CCCC(=O)NC. The Labute approximate surface area is 115 Å². The zero-order chi connectivity index (χ0) is 14.3. The van der Waals surface area contributed by atoms with Gasteiger partial charge in [0.2, 0.25) is 11.8 Å². The van der Waals surface area contributed by atoms with Gasteiger partial charge in [0.25, 0.3) is 0 Å². The minimum atomic E-state index is -0.0465. The maximum Gasteiger partial charge on any atom is 0.220 e. The van der Waals surface area contributed by atoms with E-state index in [0.29, 0.717) is 45.6 Å². The monoisotopic (exact) mass is 274 g/mol. The molecule has 0 aromatic rings. The van der Waals surface area contributed by atoms with Crippen LogP contribution in [0.4, 0.5) is 0 Å². The van der Waals surface area contributed by atoms with E-state index in [9.17, 15) is 9.59 Å². The fraction of sp³-hybridized carbons (Fsp3) is 0.846. The van der Waals surface area contributed by atoms with E-state index in [1.54, 1.807) is 7.05 Å². The van der Waals surface area contributed by atoms with Gasteiger partial charge in [0.1, 0.15) is 0 Å². The van der Waals surface area contributed by atoms with Crippen molar-refractivity contribution in [1.29, 1.82) is 0 Å². The quantitative estimate of drug-likeness (QED) is 0.507. The molecule has 19 heavy (non-hydrogen) atoms. The Hall–Kier alpha value is -1.14. The third-order valence-corrected chi connectivity index (χ3v) is 2.38. The van der Waals surface area contributed by atoms with Gasteiger partial charge in [-0.15, -0.1) is 0 Å². The predicted molar refractivity (Wildman–Crippen MR) is 72.9 cm³/mol. The molecule has 2 N–H and O–H groups in total. The Morgan fingerprint density at radius 1 is 0.947 bits per heavy atom. The lowest BCUT2D eigenvalue weighted by molar-refractivity contribution is -0.122. The number of carbonyl (C=O) groups is 2. The highest BCUT2D eigenvalue weighted by atomic mass is 16.5. The van der Waals surface area contributed by atoms with Crippen LogP contribution in [0.1, 0.15) is 32.6 Å². The van der Waals surface area contributed by atoms with Crippen molar-refractivity contribution in [1.82, 2.24) is 10.6 Å². The number of hydrogen-bond donors (Lipinski definition) is 2. The third kappa shape index (κ3) is 13.1. The van der Waals surface area contributed by atoms with Crippen molar-refractivity contribution in [2.45, 2.75) is 32.6 Å². The highest BCUT2D eigenvalue weighted by molar-refractivity contribution is 5.78. The van der Waals surface area contributed by atoms with Crippen LogP contribution in [0, 0.1) is 0 Å². The van der Waals surface area contributed by atoms with Crippen molar-refractivity contribution < 1.29 is 19.1 Å². The molecule has 0 aliphatic carbocycles. The second kappa shape index (κ2) is 13.3. The molecule has 0 fully saturated rings. The van der Waals surface area contributed by atoms with Gasteiger partial charge in [-0.3, -0.25) is 9.59 Å². The molecule has 0 aromatic heterocycles. The summed E-state index contributed by atoms with van der Waals surface area (Å²) >= 11 is 0. The molecule has 112 valence electrons. The van der Waals surface area contributed by atoms with Gasteiger partial charge in [0.05, 0.1) is 19.8 Å². The average molecular weight is 274 g/mol. The Morgan fingerprint density at radius 2 is 1.58 bits per heavy atom. The molecule has 0 rings (SSSR count). The Bertz CT molecular complexity index is 247. The summed E-state index contributed by atoms with van der Waals surface area (Å²) in [5, 5.41) is 5.26. The van der Waals surface area contributed by atoms with E-state index in [-0.39, 0.29) is 11.8 Å². The standard InChI is InChI=1S/C13H26N2O4/c1-3-8-18-10-11-19-9-7-15-13(17)6-4-5-12(16)14-2/h3-11H2,1-2H3,(H,14,16)(H,15,17).